The third-order valence-electron chi connectivity index (χ3n) is 5.71. The highest BCUT2D eigenvalue weighted by atomic mass is 16.5. The van der Waals surface area contributed by atoms with Gasteiger partial charge in [-0.2, -0.15) is 10.5 Å². The number of carbonyl (C=O) groups excluding carboxylic acids is 2. The van der Waals surface area contributed by atoms with Gasteiger partial charge >= 0.3 is 5.97 Å². The molecule has 1 aliphatic carbocycles. The summed E-state index contributed by atoms with van der Waals surface area (Å²) < 4.78 is 4.61. The Morgan fingerprint density at radius 2 is 2.00 bits per heavy atom. The Bertz CT molecular complexity index is 672. The molecule has 164 valence electrons. The number of rotatable bonds is 13. The Morgan fingerprint density at radius 3 is 2.63 bits per heavy atom. The number of hydrogen-bond acceptors (Lipinski definition) is 6. The van der Waals surface area contributed by atoms with Crippen LogP contribution in [0.25, 0.3) is 0 Å². The number of esters is 1. The van der Waals surface area contributed by atoms with Gasteiger partial charge in [0.2, 0.25) is 0 Å². The second kappa shape index (κ2) is 14.5. The van der Waals surface area contributed by atoms with E-state index in [-0.39, 0.29) is 35.9 Å². The summed E-state index contributed by atoms with van der Waals surface area (Å²) in [6.45, 7) is 2.11. The van der Waals surface area contributed by atoms with E-state index in [1.807, 2.05) is 30.4 Å². The molecule has 1 saturated carbocycles. The van der Waals surface area contributed by atoms with Crippen LogP contribution in [0.1, 0.15) is 64.7 Å². The topological polar surface area (TPSA) is 111 Å². The molecule has 6 nitrogen and oxygen atoms in total. The van der Waals surface area contributed by atoms with E-state index in [4.69, 9.17) is 0 Å². The molecule has 1 fully saturated rings. The number of carbonyl (C=O) groups is 2. The number of ether oxygens (including phenoxy) is 1. The molecule has 30 heavy (non-hydrogen) atoms. The highest BCUT2D eigenvalue weighted by Gasteiger charge is 2.44. The molecule has 0 aromatic carbocycles. The SMILES string of the molecule is CCCCC[C@H](O)/C=C/[C@@H]1[C@@H](C/C=C\CCCC(=O)OC)C(=O)C[C@H]1C(C#N)C#N. The summed E-state index contributed by atoms with van der Waals surface area (Å²) in [4.78, 5) is 23.8. The summed E-state index contributed by atoms with van der Waals surface area (Å²) in [6.07, 6.45) is 13.1. The Balaban J connectivity index is 2.78. The first-order valence-electron chi connectivity index (χ1n) is 10.9. The minimum absolute atomic E-state index is 0.0600. The minimum atomic E-state index is -0.838. The van der Waals surface area contributed by atoms with Crippen molar-refractivity contribution in [2.24, 2.45) is 23.7 Å². The van der Waals surface area contributed by atoms with Crippen molar-refractivity contribution in [1.82, 2.24) is 0 Å². The maximum atomic E-state index is 12.6. The first-order valence-corrected chi connectivity index (χ1v) is 10.9. The highest BCUT2D eigenvalue weighted by molar-refractivity contribution is 5.84. The van der Waals surface area contributed by atoms with Crippen LogP contribution in [-0.4, -0.2) is 30.1 Å². The summed E-state index contributed by atoms with van der Waals surface area (Å²) in [5.41, 5.74) is 0. The zero-order chi connectivity index (χ0) is 22.4. The zero-order valence-electron chi connectivity index (χ0n) is 18.1. The molecule has 0 aliphatic heterocycles. The van der Waals surface area contributed by atoms with Crippen molar-refractivity contribution in [2.45, 2.75) is 70.8 Å². The third-order valence-corrected chi connectivity index (χ3v) is 5.71. The molecule has 0 spiro atoms. The van der Waals surface area contributed by atoms with Crippen molar-refractivity contribution >= 4 is 11.8 Å². The van der Waals surface area contributed by atoms with E-state index in [1.54, 1.807) is 6.08 Å². The van der Waals surface area contributed by atoms with Crippen LogP contribution in [0, 0.1) is 46.3 Å². The van der Waals surface area contributed by atoms with Gasteiger partial charge < -0.3 is 9.84 Å². The molecule has 0 saturated heterocycles. The minimum Gasteiger partial charge on any atom is -0.469 e. The normalized spacial score (nSPS) is 22.5. The van der Waals surface area contributed by atoms with Crippen LogP contribution >= 0.6 is 0 Å². The number of nitrogens with zero attached hydrogens (tertiary/aromatic N) is 2. The van der Waals surface area contributed by atoms with E-state index >= 15 is 0 Å². The Labute approximate surface area is 180 Å². The van der Waals surface area contributed by atoms with Crippen LogP contribution < -0.4 is 0 Å². The molecule has 0 amide bonds. The summed E-state index contributed by atoms with van der Waals surface area (Å²) in [5.74, 6) is -1.89. The summed E-state index contributed by atoms with van der Waals surface area (Å²) in [7, 11) is 1.37. The lowest BCUT2D eigenvalue weighted by Crippen LogP contribution is -2.20. The number of nitriles is 2. The standard InChI is InChI=1S/C24H34N2O4/c1-3-4-7-10-19(27)13-14-20-21(11-8-5-6-9-12-24(29)30-2)23(28)15-22(20)18(16-25)17-26/h5,8,13-14,18-22,27H,3-4,6-7,9-12,15H2,1-2H3/b8-5-,14-13+/t19-,20+,21+,22-/m0/s1. The second-order valence-electron chi connectivity index (χ2n) is 7.88. The number of unbranched alkanes of at least 4 members (excludes halogenated alkanes) is 3. The molecule has 1 N–H and O–H groups in total. The second-order valence-corrected chi connectivity index (χ2v) is 7.88. The third kappa shape index (κ3) is 8.51. The van der Waals surface area contributed by atoms with Crippen molar-refractivity contribution in [3.05, 3.63) is 24.3 Å². The quantitative estimate of drug-likeness (QED) is 0.274. The van der Waals surface area contributed by atoms with Crippen LogP contribution in [0.3, 0.4) is 0 Å². The van der Waals surface area contributed by atoms with Crippen LogP contribution in [0.2, 0.25) is 0 Å². The Morgan fingerprint density at radius 1 is 1.27 bits per heavy atom. The fourth-order valence-corrected chi connectivity index (χ4v) is 3.94. The van der Waals surface area contributed by atoms with Gasteiger partial charge in [0.25, 0.3) is 0 Å². The van der Waals surface area contributed by atoms with Gasteiger partial charge in [-0.05, 0) is 31.6 Å². The zero-order valence-corrected chi connectivity index (χ0v) is 18.1. The monoisotopic (exact) mass is 414 g/mol. The molecular weight excluding hydrogens is 380 g/mol. The molecule has 0 bridgehead atoms. The lowest BCUT2D eigenvalue weighted by molar-refractivity contribution is -0.140. The van der Waals surface area contributed by atoms with Crippen LogP contribution in [0.15, 0.2) is 24.3 Å². The lowest BCUT2D eigenvalue weighted by atomic mass is 9.80. The molecule has 0 heterocycles. The van der Waals surface area contributed by atoms with Crippen molar-refractivity contribution < 1.29 is 19.4 Å². The van der Waals surface area contributed by atoms with Gasteiger partial charge in [0, 0.05) is 24.7 Å². The number of allylic oxidation sites excluding steroid dienone is 3. The first kappa shape index (κ1) is 25.6. The van der Waals surface area contributed by atoms with Crippen LogP contribution in [0.4, 0.5) is 0 Å². The lowest BCUT2D eigenvalue weighted by Gasteiger charge is -2.21. The molecule has 4 atom stereocenters. The van der Waals surface area contributed by atoms with E-state index in [2.05, 4.69) is 11.7 Å². The van der Waals surface area contributed by atoms with E-state index in [0.29, 0.717) is 25.7 Å². The van der Waals surface area contributed by atoms with Gasteiger partial charge in [0.15, 0.2) is 0 Å². The number of aliphatic hydroxyl groups is 1. The molecule has 1 aliphatic rings. The number of ketones is 1. The van der Waals surface area contributed by atoms with E-state index in [9.17, 15) is 25.2 Å². The summed E-state index contributed by atoms with van der Waals surface area (Å²) in [5, 5.41) is 28.9. The van der Waals surface area contributed by atoms with Gasteiger partial charge in [-0.1, -0.05) is 50.5 Å². The molecule has 1 rings (SSSR count). The smallest absolute Gasteiger partial charge is 0.305 e. The number of hydrogen-bond donors (Lipinski definition) is 1. The van der Waals surface area contributed by atoms with E-state index in [1.165, 1.54) is 7.11 Å². The largest absolute Gasteiger partial charge is 0.469 e. The molecular formula is C24H34N2O4. The van der Waals surface area contributed by atoms with Gasteiger partial charge in [0.05, 0.1) is 25.4 Å². The first-order chi connectivity index (χ1) is 14.5. The Kier molecular flexibility index (Phi) is 12.4. The Hall–Kier alpha value is -2.44. The maximum Gasteiger partial charge on any atom is 0.305 e. The van der Waals surface area contributed by atoms with Crippen molar-refractivity contribution in [3.63, 3.8) is 0 Å². The number of Topliss-reactive ketones (excluding diaryl/α,β-unsaturated/α-hetero) is 1. The van der Waals surface area contributed by atoms with Gasteiger partial charge in [-0.15, -0.1) is 0 Å². The van der Waals surface area contributed by atoms with E-state index in [0.717, 1.165) is 25.7 Å². The van der Waals surface area contributed by atoms with Gasteiger partial charge in [-0.3, -0.25) is 9.59 Å². The molecule has 0 aromatic rings. The summed E-state index contributed by atoms with van der Waals surface area (Å²) in [6, 6.07) is 4.05. The summed E-state index contributed by atoms with van der Waals surface area (Å²) >= 11 is 0. The average molecular weight is 415 g/mol. The number of methoxy groups -OCH3 is 1. The average Bonchev–Trinajstić information content (AvgIpc) is 3.05. The molecule has 0 aromatic heterocycles. The predicted molar refractivity (Wildman–Crippen MR) is 114 cm³/mol. The maximum absolute atomic E-state index is 12.6. The molecule has 0 radical (unpaired) electrons. The van der Waals surface area contributed by atoms with Crippen LogP contribution in [0.5, 0.6) is 0 Å². The van der Waals surface area contributed by atoms with Crippen molar-refractivity contribution in [1.29, 1.82) is 10.5 Å². The molecule has 6 heteroatoms. The van der Waals surface area contributed by atoms with Crippen molar-refractivity contribution in [2.75, 3.05) is 7.11 Å². The fraction of sp³-hybridized carbons (Fsp3) is 0.667. The fourth-order valence-electron chi connectivity index (χ4n) is 3.94. The number of aliphatic hydroxyl groups excluding tert-OH is 1. The molecule has 0 unspecified atom stereocenters. The van der Waals surface area contributed by atoms with Gasteiger partial charge in [0.1, 0.15) is 11.7 Å². The van der Waals surface area contributed by atoms with Crippen molar-refractivity contribution in [3.8, 4) is 12.1 Å². The predicted octanol–water partition coefficient (Wildman–Crippen LogP) is 4.26. The van der Waals surface area contributed by atoms with Gasteiger partial charge in [-0.25, -0.2) is 0 Å². The van der Waals surface area contributed by atoms with E-state index < -0.39 is 12.0 Å². The van der Waals surface area contributed by atoms with Crippen LogP contribution in [-0.2, 0) is 14.3 Å². The highest BCUT2D eigenvalue weighted by Crippen LogP contribution is 2.41.